The largest absolute Gasteiger partial charge is 0.491 e. The lowest BCUT2D eigenvalue weighted by Gasteiger charge is -2.25. The second-order valence-electron chi connectivity index (χ2n) is 7.63. The number of benzene rings is 1. The minimum absolute atomic E-state index is 0.0569. The molecule has 0 aliphatic carbocycles. The minimum atomic E-state index is -0.162. The lowest BCUT2D eigenvalue weighted by atomic mass is 10.0. The Morgan fingerprint density at radius 1 is 1.21 bits per heavy atom. The van der Waals surface area contributed by atoms with Crippen LogP contribution in [0.2, 0.25) is 0 Å². The van der Waals surface area contributed by atoms with E-state index < -0.39 is 0 Å². The average Bonchev–Trinajstić information content (AvgIpc) is 3.17. The van der Waals surface area contributed by atoms with E-state index in [1.54, 1.807) is 0 Å². The van der Waals surface area contributed by atoms with Crippen LogP contribution in [0.25, 0.3) is 0 Å². The summed E-state index contributed by atoms with van der Waals surface area (Å²) >= 11 is 0. The molecule has 5 rings (SSSR count). The Labute approximate surface area is 169 Å². The molecule has 1 aromatic carbocycles. The van der Waals surface area contributed by atoms with Crippen LogP contribution in [0.15, 0.2) is 48.7 Å². The fourth-order valence-corrected chi connectivity index (χ4v) is 3.97. The molecule has 148 valence electrons. The molecule has 0 spiro atoms. The number of nitrogens with one attached hydrogen (secondary N) is 2. The summed E-state index contributed by atoms with van der Waals surface area (Å²) in [6.45, 7) is 3.77. The number of aromatic nitrogens is 3. The molecule has 2 aliphatic rings. The van der Waals surface area contributed by atoms with E-state index >= 15 is 0 Å². The number of hydrogen-bond donors (Lipinski definition) is 2. The van der Waals surface area contributed by atoms with Gasteiger partial charge in [0.2, 0.25) is 0 Å². The van der Waals surface area contributed by atoms with Crippen molar-refractivity contribution in [1.82, 2.24) is 25.2 Å². The number of amides is 1. The first kappa shape index (κ1) is 17.9. The Kier molecular flexibility index (Phi) is 4.52. The molecule has 0 saturated heterocycles. The van der Waals surface area contributed by atoms with Crippen LogP contribution in [0.1, 0.15) is 39.3 Å². The van der Waals surface area contributed by atoms with Gasteiger partial charge in [0.05, 0.1) is 24.3 Å². The quantitative estimate of drug-likeness (QED) is 0.718. The first-order valence-electron chi connectivity index (χ1n) is 9.90. The number of ether oxygens (including phenoxy) is 1. The van der Waals surface area contributed by atoms with Crippen molar-refractivity contribution in [2.75, 3.05) is 6.61 Å². The Hall–Kier alpha value is -3.19. The number of carbonyl (C=O) groups excluding carboxylic acids is 1. The third-order valence-electron chi connectivity index (χ3n) is 5.46. The highest BCUT2D eigenvalue weighted by Gasteiger charge is 2.26. The normalized spacial score (nSPS) is 20.3. The Morgan fingerprint density at radius 3 is 3.00 bits per heavy atom. The van der Waals surface area contributed by atoms with Crippen molar-refractivity contribution in [3.63, 3.8) is 0 Å². The van der Waals surface area contributed by atoms with Gasteiger partial charge in [0.25, 0.3) is 5.91 Å². The zero-order chi connectivity index (χ0) is 19.8. The van der Waals surface area contributed by atoms with Crippen molar-refractivity contribution in [2.45, 2.75) is 38.5 Å². The van der Waals surface area contributed by atoms with Crippen LogP contribution < -0.4 is 15.4 Å². The molecule has 3 aromatic rings. The molecule has 29 heavy (non-hydrogen) atoms. The van der Waals surface area contributed by atoms with Gasteiger partial charge in [-0.25, -0.2) is 4.98 Å². The van der Waals surface area contributed by atoms with Crippen molar-refractivity contribution < 1.29 is 9.53 Å². The molecule has 2 atom stereocenters. The Bertz CT molecular complexity index is 1060. The lowest BCUT2D eigenvalue weighted by Crippen LogP contribution is -2.42. The van der Waals surface area contributed by atoms with Gasteiger partial charge in [-0.05, 0) is 37.1 Å². The second kappa shape index (κ2) is 7.33. The summed E-state index contributed by atoms with van der Waals surface area (Å²) in [6, 6.07) is 14.0. The summed E-state index contributed by atoms with van der Waals surface area (Å²) in [5.74, 6) is 1.60. The zero-order valence-electron chi connectivity index (χ0n) is 16.3. The number of aryl methyl sites for hydroxylation is 1. The smallest absolute Gasteiger partial charge is 0.271 e. The molecular formula is C22H23N5O2. The van der Waals surface area contributed by atoms with Crippen molar-refractivity contribution in [1.29, 1.82) is 0 Å². The van der Waals surface area contributed by atoms with Crippen LogP contribution in [0, 0.1) is 6.92 Å². The van der Waals surface area contributed by atoms with Crippen molar-refractivity contribution in [3.05, 3.63) is 77.1 Å². The van der Waals surface area contributed by atoms with Crippen LogP contribution >= 0.6 is 0 Å². The molecule has 0 bridgehead atoms. The van der Waals surface area contributed by atoms with E-state index in [2.05, 4.69) is 20.6 Å². The number of pyridine rings is 1. The van der Waals surface area contributed by atoms with E-state index in [1.165, 1.54) is 0 Å². The van der Waals surface area contributed by atoms with Crippen LogP contribution in [-0.2, 0) is 19.5 Å². The molecule has 1 amide bonds. The van der Waals surface area contributed by atoms with Gasteiger partial charge in [0, 0.05) is 18.4 Å². The number of hydrogen-bond acceptors (Lipinski definition) is 5. The summed E-state index contributed by atoms with van der Waals surface area (Å²) in [4.78, 5) is 21.9. The van der Waals surface area contributed by atoms with Gasteiger partial charge in [-0.1, -0.05) is 24.3 Å². The molecule has 0 fully saturated rings. The third-order valence-corrected chi connectivity index (χ3v) is 5.46. The maximum Gasteiger partial charge on any atom is 0.271 e. The fraction of sp³-hybridized carbons (Fsp3) is 0.318. The number of rotatable bonds is 3. The molecule has 4 heterocycles. The number of nitrogens with zero attached hydrogens (tertiary/aromatic N) is 3. The van der Waals surface area contributed by atoms with E-state index in [9.17, 15) is 4.79 Å². The fourth-order valence-electron chi connectivity index (χ4n) is 3.97. The van der Waals surface area contributed by atoms with Gasteiger partial charge in [-0.3, -0.25) is 9.78 Å². The van der Waals surface area contributed by atoms with Gasteiger partial charge < -0.3 is 19.9 Å². The van der Waals surface area contributed by atoms with Crippen LogP contribution in [0.5, 0.6) is 5.75 Å². The molecule has 1 unspecified atom stereocenters. The Morgan fingerprint density at radius 2 is 2.10 bits per heavy atom. The molecule has 7 heteroatoms. The molecular weight excluding hydrogens is 366 g/mol. The summed E-state index contributed by atoms with van der Waals surface area (Å²) in [6.07, 6.45) is 2.60. The van der Waals surface area contributed by atoms with E-state index in [0.717, 1.165) is 34.9 Å². The van der Waals surface area contributed by atoms with E-state index in [0.29, 0.717) is 25.4 Å². The van der Waals surface area contributed by atoms with Gasteiger partial charge in [-0.2, -0.15) is 0 Å². The molecule has 2 aliphatic heterocycles. The Balaban J connectivity index is 1.27. The predicted octanol–water partition coefficient (Wildman–Crippen LogP) is 2.16. The van der Waals surface area contributed by atoms with Gasteiger partial charge >= 0.3 is 0 Å². The van der Waals surface area contributed by atoms with E-state index in [4.69, 9.17) is 4.74 Å². The highest BCUT2D eigenvalue weighted by Crippen LogP contribution is 2.24. The molecule has 2 aromatic heterocycles. The second-order valence-corrected chi connectivity index (χ2v) is 7.63. The van der Waals surface area contributed by atoms with Crippen molar-refractivity contribution >= 4 is 5.91 Å². The maximum absolute atomic E-state index is 12.8. The molecule has 2 N–H and O–H groups in total. The van der Waals surface area contributed by atoms with Crippen LogP contribution in [-0.4, -0.2) is 33.1 Å². The standard InChI is InChI=1S/C22H23N5O2/c1-14-5-4-7-17(24-14)18-11-27-12-19(26-21(27)10-23-18)22(28)25-16-9-15-6-2-3-8-20(15)29-13-16/h2-8,12,16,18,23H,9-11,13H2,1H3,(H,25,28)/t16-,18?/m1/s1. The summed E-state index contributed by atoms with van der Waals surface area (Å²) in [7, 11) is 0. The number of imidazole rings is 1. The summed E-state index contributed by atoms with van der Waals surface area (Å²) in [5.41, 5.74) is 3.56. The van der Waals surface area contributed by atoms with Gasteiger partial charge in [-0.15, -0.1) is 0 Å². The van der Waals surface area contributed by atoms with Crippen LogP contribution in [0.4, 0.5) is 0 Å². The number of para-hydroxylation sites is 1. The van der Waals surface area contributed by atoms with Crippen LogP contribution in [0.3, 0.4) is 0 Å². The summed E-state index contributed by atoms with van der Waals surface area (Å²) < 4.78 is 7.82. The molecule has 7 nitrogen and oxygen atoms in total. The van der Waals surface area contributed by atoms with Crippen molar-refractivity contribution in [2.24, 2.45) is 0 Å². The zero-order valence-corrected chi connectivity index (χ0v) is 16.3. The lowest BCUT2D eigenvalue weighted by molar-refractivity contribution is 0.0910. The number of carbonyl (C=O) groups is 1. The van der Waals surface area contributed by atoms with Crippen molar-refractivity contribution in [3.8, 4) is 5.75 Å². The van der Waals surface area contributed by atoms with Gasteiger partial charge in [0.1, 0.15) is 23.9 Å². The molecule has 0 radical (unpaired) electrons. The maximum atomic E-state index is 12.8. The average molecular weight is 389 g/mol. The first-order chi connectivity index (χ1) is 14.2. The predicted molar refractivity (Wildman–Crippen MR) is 108 cm³/mol. The van der Waals surface area contributed by atoms with E-state index in [1.807, 2.05) is 60.2 Å². The third kappa shape index (κ3) is 3.61. The van der Waals surface area contributed by atoms with E-state index in [-0.39, 0.29) is 18.0 Å². The molecule has 0 saturated carbocycles. The highest BCUT2D eigenvalue weighted by molar-refractivity contribution is 5.92. The summed E-state index contributed by atoms with van der Waals surface area (Å²) in [5, 5.41) is 6.53. The highest BCUT2D eigenvalue weighted by atomic mass is 16.5. The monoisotopic (exact) mass is 389 g/mol. The topological polar surface area (TPSA) is 81.1 Å². The SMILES string of the molecule is Cc1cccc(C2Cn3cc(C(=O)N[C@H]4COc5ccccc5C4)nc3CN2)n1. The minimum Gasteiger partial charge on any atom is -0.491 e. The first-order valence-corrected chi connectivity index (χ1v) is 9.90. The van der Waals surface area contributed by atoms with Gasteiger partial charge in [0.15, 0.2) is 0 Å². The number of fused-ring (bicyclic) bond motifs is 2.